The molecule has 2 heterocycles. The molecular weight excluding hydrogens is 146 g/mol. The van der Waals surface area contributed by atoms with E-state index in [1.807, 2.05) is 0 Å². The Labute approximate surface area is 75.1 Å². The van der Waals surface area contributed by atoms with Crippen molar-refractivity contribution < 1.29 is 0 Å². The second-order valence-electron chi connectivity index (χ2n) is 4.93. The van der Waals surface area contributed by atoms with E-state index in [0.29, 0.717) is 0 Å². The highest BCUT2D eigenvalue weighted by atomic mass is 15.2. The summed E-state index contributed by atoms with van der Waals surface area (Å²) in [7, 11) is 0. The minimum atomic E-state index is 1.02. The number of fused-ring (bicyclic) bond motifs is 5. The molecule has 1 aliphatic carbocycles. The first-order valence-electron chi connectivity index (χ1n) is 5.64. The van der Waals surface area contributed by atoms with Crippen LogP contribution in [0.1, 0.15) is 32.6 Å². The second-order valence-corrected chi connectivity index (χ2v) is 4.93. The van der Waals surface area contributed by atoms with Crippen molar-refractivity contribution >= 4 is 0 Å². The van der Waals surface area contributed by atoms with E-state index in [4.69, 9.17) is 0 Å². The summed E-state index contributed by atoms with van der Waals surface area (Å²) >= 11 is 0. The minimum absolute atomic E-state index is 1.02. The van der Waals surface area contributed by atoms with Gasteiger partial charge in [0.05, 0.1) is 0 Å². The Balaban J connectivity index is 1.85. The van der Waals surface area contributed by atoms with Crippen molar-refractivity contribution in [3.63, 3.8) is 0 Å². The van der Waals surface area contributed by atoms with Crippen LogP contribution in [0.3, 0.4) is 0 Å². The summed E-state index contributed by atoms with van der Waals surface area (Å²) in [5, 5.41) is 0. The quantitative estimate of drug-likeness (QED) is 0.575. The number of hydrogen-bond donors (Lipinski definition) is 0. The molecule has 5 unspecified atom stereocenters. The average molecular weight is 165 g/mol. The molecule has 3 rings (SSSR count). The van der Waals surface area contributed by atoms with Crippen molar-refractivity contribution in [3.8, 4) is 0 Å². The molecule has 3 fully saturated rings. The molecule has 68 valence electrons. The van der Waals surface area contributed by atoms with E-state index < -0.39 is 0 Å². The van der Waals surface area contributed by atoms with Crippen molar-refractivity contribution in [2.45, 2.75) is 38.6 Å². The summed E-state index contributed by atoms with van der Waals surface area (Å²) in [6, 6.07) is 1.02. The Hall–Kier alpha value is -0.0400. The van der Waals surface area contributed by atoms with E-state index >= 15 is 0 Å². The maximum atomic E-state index is 2.77. The predicted molar refractivity (Wildman–Crippen MR) is 50.0 cm³/mol. The van der Waals surface area contributed by atoms with E-state index in [-0.39, 0.29) is 0 Å². The lowest BCUT2D eigenvalue weighted by atomic mass is 9.81. The zero-order valence-electron chi connectivity index (χ0n) is 8.00. The first-order chi connectivity index (χ1) is 5.90. The Morgan fingerprint density at radius 2 is 2.17 bits per heavy atom. The molecular formula is C11H19N. The number of piperidine rings is 1. The molecule has 12 heavy (non-hydrogen) atoms. The van der Waals surface area contributed by atoms with Gasteiger partial charge in [-0.2, -0.15) is 0 Å². The van der Waals surface area contributed by atoms with Crippen LogP contribution < -0.4 is 0 Å². The standard InChI is InChI=1S/C11H19N/c1-2-8-3-4-10-11(8)9-5-6-12(10)7-9/h8-11H,2-7H2,1H3. The van der Waals surface area contributed by atoms with Crippen LogP contribution in [-0.2, 0) is 0 Å². The van der Waals surface area contributed by atoms with E-state index in [0.717, 1.165) is 23.8 Å². The molecule has 2 bridgehead atoms. The number of rotatable bonds is 1. The molecule has 2 aliphatic heterocycles. The average Bonchev–Trinajstić information content (AvgIpc) is 2.76. The van der Waals surface area contributed by atoms with E-state index in [9.17, 15) is 0 Å². The van der Waals surface area contributed by atoms with Gasteiger partial charge in [-0.1, -0.05) is 13.3 Å². The second kappa shape index (κ2) is 2.47. The monoisotopic (exact) mass is 165 g/mol. The van der Waals surface area contributed by atoms with Gasteiger partial charge in [0, 0.05) is 12.6 Å². The third kappa shape index (κ3) is 0.783. The summed E-state index contributed by atoms with van der Waals surface area (Å²) in [6.07, 6.45) is 5.99. The van der Waals surface area contributed by atoms with Crippen LogP contribution in [0.2, 0.25) is 0 Å². The molecule has 1 saturated carbocycles. The smallest absolute Gasteiger partial charge is 0.0129 e. The van der Waals surface area contributed by atoms with Crippen molar-refractivity contribution in [2.75, 3.05) is 13.1 Å². The van der Waals surface area contributed by atoms with Crippen LogP contribution in [-0.4, -0.2) is 24.0 Å². The summed E-state index contributed by atoms with van der Waals surface area (Å²) in [6.45, 7) is 5.25. The SMILES string of the molecule is CCC1CCC2C1C1CCN2C1. The van der Waals surface area contributed by atoms with E-state index in [1.54, 1.807) is 0 Å². The Bertz CT molecular complexity index is 187. The summed E-state index contributed by atoms with van der Waals surface area (Å²) in [5.74, 6) is 3.30. The normalized spacial score (nSPS) is 56.2. The summed E-state index contributed by atoms with van der Waals surface area (Å²) in [5.41, 5.74) is 0. The maximum absolute atomic E-state index is 2.77. The Morgan fingerprint density at radius 1 is 1.25 bits per heavy atom. The molecule has 0 N–H and O–H groups in total. The molecule has 5 atom stereocenters. The van der Waals surface area contributed by atoms with Crippen LogP contribution in [0.4, 0.5) is 0 Å². The van der Waals surface area contributed by atoms with Gasteiger partial charge in [-0.25, -0.2) is 0 Å². The van der Waals surface area contributed by atoms with Crippen LogP contribution in [0, 0.1) is 17.8 Å². The van der Waals surface area contributed by atoms with E-state index in [1.165, 1.54) is 38.8 Å². The molecule has 0 radical (unpaired) electrons. The summed E-state index contributed by atoms with van der Waals surface area (Å²) in [4.78, 5) is 2.77. The fourth-order valence-corrected chi connectivity index (χ4v) is 4.12. The first kappa shape index (κ1) is 7.37. The molecule has 3 aliphatic rings. The largest absolute Gasteiger partial charge is 0.300 e. The fourth-order valence-electron chi connectivity index (χ4n) is 4.12. The lowest BCUT2D eigenvalue weighted by molar-refractivity contribution is 0.197. The molecule has 0 aromatic rings. The van der Waals surface area contributed by atoms with E-state index in [2.05, 4.69) is 11.8 Å². The highest BCUT2D eigenvalue weighted by molar-refractivity contribution is 5.04. The highest BCUT2D eigenvalue weighted by Crippen LogP contribution is 2.50. The summed E-state index contributed by atoms with van der Waals surface area (Å²) < 4.78 is 0. The molecule has 0 spiro atoms. The van der Waals surface area contributed by atoms with Crippen LogP contribution in [0.15, 0.2) is 0 Å². The first-order valence-corrected chi connectivity index (χ1v) is 5.64. The topological polar surface area (TPSA) is 3.24 Å². The maximum Gasteiger partial charge on any atom is 0.0129 e. The molecule has 2 saturated heterocycles. The molecule has 1 heteroatoms. The lowest BCUT2D eigenvalue weighted by Gasteiger charge is -2.29. The van der Waals surface area contributed by atoms with Crippen molar-refractivity contribution in [1.29, 1.82) is 0 Å². The zero-order chi connectivity index (χ0) is 8.13. The molecule has 0 aromatic carbocycles. The van der Waals surface area contributed by atoms with Gasteiger partial charge < -0.3 is 0 Å². The highest BCUT2D eigenvalue weighted by Gasteiger charge is 2.51. The Kier molecular flexibility index (Phi) is 1.52. The van der Waals surface area contributed by atoms with Gasteiger partial charge in [-0.05, 0) is 43.6 Å². The van der Waals surface area contributed by atoms with Crippen molar-refractivity contribution in [3.05, 3.63) is 0 Å². The minimum Gasteiger partial charge on any atom is -0.300 e. The number of nitrogens with zero attached hydrogens (tertiary/aromatic N) is 1. The van der Waals surface area contributed by atoms with Gasteiger partial charge in [-0.3, -0.25) is 4.90 Å². The predicted octanol–water partition coefficient (Wildman–Crippen LogP) is 2.13. The Morgan fingerprint density at radius 3 is 3.00 bits per heavy atom. The van der Waals surface area contributed by atoms with Gasteiger partial charge in [0.25, 0.3) is 0 Å². The molecule has 0 aromatic heterocycles. The zero-order valence-corrected chi connectivity index (χ0v) is 8.00. The van der Waals surface area contributed by atoms with Crippen molar-refractivity contribution in [1.82, 2.24) is 4.90 Å². The van der Waals surface area contributed by atoms with Gasteiger partial charge in [0.15, 0.2) is 0 Å². The van der Waals surface area contributed by atoms with Gasteiger partial charge in [0.1, 0.15) is 0 Å². The third-order valence-electron chi connectivity index (χ3n) is 4.62. The van der Waals surface area contributed by atoms with Crippen LogP contribution in [0.25, 0.3) is 0 Å². The van der Waals surface area contributed by atoms with Gasteiger partial charge in [0.2, 0.25) is 0 Å². The van der Waals surface area contributed by atoms with Crippen LogP contribution >= 0.6 is 0 Å². The van der Waals surface area contributed by atoms with Gasteiger partial charge in [-0.15, -0.1) is 0 Å². The molecule has 1 nitrogen and oxygen atoms in total. The lowest BCUT2D eigenvalue weighted by Crippen LogP contribution is -2.33. The fraction of sp³-hybridized carbons (Fsp3) is 1.00. The van der Waals surface area contributed by atoms with Crippen LogP contribution in [0.5, 0.6) is 0 Å². The van der Waals surface area contributed by atoms with Gasteiger partial charge >= 0.3 is 0 Å². The third-order valence-corrected chi connectivity index (χ3v) is 4.62. The van der Waals surface area contributed by atoms with Crippen molar-refractivity contribution in [2.24, 2.45) is 17.8 Å². The molecule has 0 amide bonds. The number of hydrogen-bond acceptors (Lipinski definition) is 1.